The van der Waals surface area contributed by atoms with Gasteiger partial charge in [0.05, 0.1) is 0 Å². The summed E-state index contributed by atoms with van der Waals surface area (Å²) in [7, 11) is 0. The fraction of sp³-hybridized carbons (Fsp3) is 0. The van der Waals surface area contributed by atoms with Gasteiger partial charge in [-0.2, -0.15) is 0 Å². The number of carbonyl (C=O) groups is 1. The van der Waals surface area contributed by atoms with Gasteiger partial charge in [-0.05, 0) is 0 Å². The third-order valence-electron chi connectivity index (χ3n) is 3.10. The van der Waals surface area contributed by atoms with Gasteiger partial charge >= 0.3 is 127 Å². The summed E-state index contributed by atoms with van der Waals surface area (Å²) in [5.74, 6) is 0. The molecule has 20 heavy (non-hydrogen) atoms. The van der Waals surface area contributed by atoms with Crippen LogP contribution in [0, 0.1) is 0 Å². The molecule has 1 heterocycles. The third kappa shape index (κ3) is 2.76. The molecule has 3 heteroatoms. The van der Waals surface area contributed by atoms with Gasteiger partial charge in [-0.1, -0.05) is 0 Å². The van der Waals surface area contributed by atoms with Crippen molar-refractivity contribution in [3.63, 3.8) is 0 Å². The van der Waals surface area contributed by atoms with Crippen LogP contribution >= 0.6 is 11.3 Å². The molecule has 0 aliphatic rings. The van der Waals surface area contributed by atoms with E-state index in [1.165, 1.54) is 8.79 Å². The molecule has 97 valence electrons. The Morgan fingerprint density at radius 3 is 1.75 bits per heavy atom. The molecule has 2 aromatic carbocycles. The number of benzene rings is 2. The number of hydrogen-bond donors (Lipinski definition) is 0. The van der Waals surface area contributed by atoms with Gasteiger partial charge in [-0.15, -0.1) is 0 Å². The molecule has 0 spiro atoms. The van der Waals surface area contributed by atoms with E-state index in [0.717, 1.165) is 4.88 Å². The van der Waals surface area contributed by atoms with Gasteiger partial charge in [-0.25, -0.2) is 0 Å². The zero-order chi connectivity index (χ0) is 13.8. The zero-order valence-corrected chi connectivity index (χ0v) is 13.7. The minimum atomic E-state index is -2.19. The van der Waals surface area contributed by atoms with Gasteiger partial charge in [0.1, 0.15) is 0 Å². The summed E-state index contributed by atoms with van der Waals surface area (Å²) >= 11 is -0.653. The molecule has 0 atom stereocenters. The van der Waals surface area contributed by atoms with Crippen molar-refractivity contribution in [2.75, 3.05) is 0 Å². The van der Waals surface area contributed by atoms with E-state index in [-0.39, 0.29) is 0 Å². The molecule has 3 aromatic rings. The average molecular weight is 338 g/mol. The van der Waals surface area contributed by atoms with Crippen molar-refractivity contribution in [3.05, 3.63) is 83.1 Å². The Kier molecular flexibility index (Phi) is 4.14. The second-order valence-corrected chi connectivity index (χ2v) is 10.3. The van der Waals surface area contributed by atoms with Crippen LogP contribution in [0.3, 0.4) is 0 Å². The first-order valence-electron chi connectivity index (χ1n) is 6.42. The molecule has 0 saturated carbocycles. The van der Waals surface area contributed by atoms with Gasteiger partial charge in [-0.3, -0.25) is 0 Å². The molecule has 0 fully saturated rings. The van der Waals surface area contributed by atoms with Crippen LogP contribution < -0.4 is 8.79 Å². The molecule has 0 aliphatic carbocycles. The first-order chi connectivity index (χ1) is 9.86. The monoisotopic (exact) mass is 339 g/mol. The van der Waals surface area contributed by atoms with Gasteiger partial charge in [0, 0.05) is 0 Å². The second-order valence-electron chi connectivity index (χ2n) is 4.41. The van der Waals surface area contributed by atoms with Gasteiger partial charge < -0.3 is 0 Å². The van der Waals surface area contributed by atoms with Gasteiger partial charge in [0.25, 0.3) is 0 Å². The molecule has 0 aliphatic heterocycles. The summed E-state index contributed by atoms with van der Waals surface area (Å²) in [6, 6.07) is 24.3. The molecular formula is C17H13GeOS. The molecule has 0 N–H and O–H groups in total. The molecule has 0 bridgehead atoms. The summed E-state index contributed by atoms with van der Waals surface area (Å²) in [4.78, 5) is 13.8. The Morgan fingerprint density at radius 1 is 0.750 bits per heavy atom. The molecule has 3 rings (SSSR count). The van der Waals surface area contributed by atoms with Crippen molar-refractivity contribution in [2.45, 2.75) is 0 Å². The van der Waals surface area contributed by atoms with Crippen molar-refractivity contribution in [1.29, 1.82) is 0 Å². The SMILES string of the molecule is O=[C](c1cccs1)[Ge]([c]1ccccc1)[c]1ccccc1. The standard InChI is InChI=1S/C17H13GeOS/c19-17(16-12-7-13-20-16)18(14-8-3-1-4-9-14)15-10-5-2-6-11-15/h1-13H. The van der Waals surface area contributed by atoms with E-state index in [1.54, 1.807) is 11.3 Å². The number of thiophene rings is 1. The zero-order valence-electron chi connectivity index (χ0n) is 10.8. The van der Waals surface area contributed by atoms with E-state index in [0.29, 0.717) is 4.62 Å². The number of carbonyl (C=O) groups excluding carboxylic acids is 1. The number of rotatable bonds is 4. The fourth-order valence-corrected chi connectivity index (χ4v) is 8.34. The molecule has 0 amide bonds. The maximum atomic E-state index is 12.9. The van der Waals surface area contributed by atoms with E-state index in [4.69, 9.17) is 0 Å². The van der Waals surface area contributed by atoms with Gasteiger partial charge in [0.2, 0.25) is 0 Å². The van der Waals surface area contributed by atoms with E-state index in [2.05, 4.69) is 24.3 Å². The molecule has 1 radical (unpaired) electrons. The summed E-state index contributed by atoms with van der Waals surface area (Å²) in [5.41, 5.74) is 0. The molecular weight excluding hydrogens is 325 g/mol. The Hall–Kier alpha value is -1.65. The Balaban J connectivity index is 2.07. The quantitative estimate of drug-likeness (QED) is 0.669. The molecule has 1 nitrogen and oxygen atoms in total. The Bertz CT molecular complexity index is 638. The van der Waals surface area contributed by atoms with Crippen LogP contribution in [0.2, 0.25) is 0 Å². The predicted molar refractivity (Wildman–Crippen MR) is 86.6 cm³/mol. The first-order valence-corrected chi connectivity index (χ1v) is 10.4. The summed E-state index contributed by atoms with van der Waals surface area (Å²) < 4.78 is 2.74. The number of hydrogen-bond acceptors (Lipinski definition) is 2. The second kappa shape index (κ2) is 6.20. The Morgan fingerprint density at radius 2 is 1.30 bits per heavy atom. The van der Waals surface area contributed by atoms with Crippen molar-refractivity contribution in [1.82, 2.24) is 0 Å². The average Bonchev–Trinajstić information content (AvgIpc) is 3.04. The van der Waals surface area contributed by atoms with Crippen LogP contribution in [0.4, 0.5) is 0 Å². The van der Waals surface area contributed by atoms with Crippen LogP contribution in [0.1, 0.15) is 9.67 Å². The van der Waals surface area contributed by atoms with Crippen LogP contribution in [0.5, 0.6) is 0 Å². The fourth-order valence-electron chi connectivity index (χ4n) is 2.17. The van der Waals surface area contributed by atoms with Crippen LogP contribution in [-0.2, 0) is 0 Å². The normalized spacial score (nSPS) is 10.7. The van der Waals surface area contributed by atoms with E-state index < -0.39 is 14.3 Å². The first kappa shape index (κ1) is 13.3. The maximum absolute atomic E-state index is 12.9. The van der Waals surface area contributed by atoms with E-state index in [1.807, 2.05) is 53.9 Å². The van der Waals surface area contributed by atoms with Crippen LogP contribution in [-0.4, -0.2) is 19.0 Å². The summed E-state index contributed by atoms with van der Waals surface area (Å²) in [6.07, 6.45) is 0. The van der Waals surface area contributed by atoms with Crippen molar-refractivity contribution >= 4 is 39.1 Å². The summed E-state index contributed by atoms with van der Waals surface area (Å²) in [6.45, 7) is 0. The predicted octanol–water partition coefficient (Wildman–Crippen LogP) is 2.78. The molecule has 0 saturated heterocycles. The van der Waals surface area contributed by atoms with Crippen molar-refractivity contribution in [2.24, 2.45) is 0 Å². The van der Waals surface area contributed by atoms with Crippen LogP contribution in [0.15, 0.2) is 78.2 Å². The molecule has 1 aromatic heterocycles. The van der Waals surface area contributed by atoms with Crippen molar-refractivity contribution < 1.29 is 4.79 Å². The molecule has 0 unspecified atom stereocenters. The summed E-state index contributed by atoms with van der Waals surface area (Å²) in [5, 5.41) is 1.97. The van der Waals surface area contributed by atoms with Gasteiger partial charge in [0.15, 0.2) is 0 Å². The third-order valence-corrected chi connectivity index (χ3v) is 9.68. The Labute approximate surface area is 127 Å². The van der Waals surface area contributed by atoms with E-state index >= 15 is 0 Å². The van der Waals surface area contributed by atoms with E-state index in [9.17, 15) is 4.79 Å². The minimum absolute atomic E-state index is 0.331. The topological polar surface area (TPSA) is 17.1 Å². The van der Waals surface area contributed by atoms with Crippen LogP contribution in [0.25, 0.3) is 0 Å². The van der Waals surface area contributed by atoms with Crippen molar-refractivity contribution in [3.8, 4) is 0 Å².